The minimum absolute atomic E-state index is 0.658. The number of nitrogens with zero attached hydrogens (tertiary/aromatic N) is 2. The molecule has 78 heavy (non-hydrogen) atoms. The molecule has 0 fully saturated rings. The van der Waals surface area contributed by atoms with Crippen LogP contribution in [0.3, 0.4) is 0 Å². The van der Waals surface area contributed by atoms with Gasteiger partial charge >= 0.3 is 0 Å². The van der Waals surface area contributed by atoms with Gasteiger partial charge in [0.1, 0.15) is 0 Å². The molecule has 2 aliphatic rings. The highest BCUT2D eigenvalue weighted by Gasteiger charge is 2.54. The van der Waals surface area contributed by atoms with E-state index in [0.29, 0.717) is 0 Å². The van der Waals surface area contributed by atoms with Crippen molar-refractivity contribution in [1.82, 2.24) is 9.13 Å². The van der Waals surface area contributed by atoms with Crippen LogP contribution in [0.5, 0.6) is 0 Å². The van der Waals surface area contributed by atoms with Gasteiger partial charge in [0.15, 0.2) is 0 Å². The number of hydrogen-bond donors (Lipinski definition) is 0. The fourth-order valence-electron chi connectivity index (χ4n) is 14.7. The lowest BCUT2D eigenvalue weighted by Gasteiger charge is -2.37. The molecule has 15 aromatic rings. The summed E-state index contributed by atoms with van der Waals surface area (Å²) in [6.07, 6.45) is 0. The molecule has 17 rings (SSSR count). The van der Waals surface area contributed by atoms with Crippen LogP contribution >= 0.6 is 0 Å². The van der Waals surface area contributed by atoms with Crippen molar-refractivity contribution < 1.29 is 0 Å². The van der Waals surface area contributed by atoms with E-state index in [1.54, 1.807) is 0 Å². The number of fused-ring (bicyclic) bond motifs is 15. The van der Waals surface area contributed by atoms with E-state index in [1.165, 1.54) is 132 Å². The Bertz CT molecular complexity index is 4760. The summed E-state index contributed by atoms with van der Waals surface area (Å²) in [4.78, 5) is 0. The fraction of sp³-hybridized carbons (Fsp3) is 0.0263. The first kappa shape index (κ1) is 43.2. The Hall–Kier alpha value is -10.0. The topological polar surface area (TPSA) is 9.86 Å². The normalized spacial score (nSPS) is 13.8. The van der Waals surface area contributed by atoms with E-state index in [1.807, 2.05) is 0 Å². The van der Waals surface area contributed by atoms with Gasteiger partial charge in [-0.15, -0.1) is 0 Å². The average molecular weight is 989 g/mol. The van der Waals surface area contributed by atoms with Gasteiger partial charge in [0.05, 0.1) is 32.9 Å². The number of hydrogen-bond acceptors (Lipinski definition) is 0. The maximum absolute atomic E-state index is 2.55. The summed E-state index contributed by atoms with van der Waals surface area (Å²) in [5.74, 6) is 0. The number of para-hydroxylation sites is 4. The summed E-state index contributed by atoms with van der Waals surface area (Å²) in [6, 6.07) is 110. The number of aromatic nitrogens is 2. The van der Waals surface area contributed by atoms with Crippen molar-refractivity contribution >= 4 is 65.2 Å². The van der Waals surface area contributed by atoms with E-state index in [-0.39, 0.29) is 0 Å². The smallest absolute Gasteiger partial charge is 0.0719 e. The van der Waals surface area contributed by atoms with E-state index < -0.39 is 10.8 Å². The maximum Gasteiger partial charge on any atom is 0.0719 e. The maximum atomic E-state index is 2.55. The van der Waals surface area contributed by atoms with E-state index in [2.05, 4.69) is 300 Å². The van der Waals surface area contributed by atoms with E-state index in [0.717, 1.165) is 11.4 Å². The van der Waals surface area contributed by atoms with Gasteiger partial charge in [0, 0.05) is 32.9 Å². The quantitative estimate of drug-likeness (QED) is 0.157. The molecule has 0 spiro atoms. The first-order valence-electron chi connectivity index (χ1n) is 27.2. The Labute approximate surface area is 452 Å². The molecule has 2 heterocycles. The van der Waals surface area contributed by atoms with Crippen molar-refractivity contribution in [3.8, 4) is 33.6 Å². The molecule has 2 aliphatic carbocycles. The highest BCUT2D eigenvalue weighted by Crippen LogP contribution is 2.66. The van der Waals surface area contributed by atoms with E-state index in [9.17, 15) is 0 Å². The first-order valence-corrected chi connectivity index (χ1v) is 27.2. The third-order valence-corrected chi connectivity index (χ3v) is 17.8. The van der Waals surface area contributed by atoms with Crippen molar-refractivity contribution in [3.05, 3.63) is 336 Å². The SMILES string of the molecule is c1ccc(C2(c3ccccc3)c3cc4cc(-n5c6ccccc6c6ccccc65)ccc4cc3-c3c2ccc2c3C(c3ccccc3)(c3ccccc3)c3cc4cc(-n5c6ccccc6c6ccccc65)ccc4cc3-2)cc1. The second-order valence-electron chi connectivity index (χ2n) is 21.5. The van der Waals surface area contributed by atoms with Crippen molar-refractivity contribution in [2.24, 2.45) is 0 Å². The van der Waals surface area contributed by atoms with Crippen LogP contribution in [-0.2, 0) is 10.8 Å². The van der Waals surface area contributed by atoms with Crippen LogP contribution in [0.1, 0.15) is 44.5 Å². The van der Waals surface area contributed by atoms with Crippen molar-refractivity contribution in [2.75, 3.05) is 0 Å². The largest absolute Gasteiger partial charge is 0.309 e. The van der Waals surface area contributed by atoms with E-state index >= 15 is 0 Å². The van der Waals surface area contributed by atoms with Crippen LogP contribution in [-0.4, -0.2) is 9.13 Å². The molecule has 0 saturated carbocycles. The van der Waals surface area contributed by atoms with Crippen LogP contribution in [0, 0.1) is 0 Å². The molecule has 0 radical (unpaired) electrons. The average Bonchev–Trinajstić information content (AvgIpc) is 4.35. The van der Waals surface area contributed by atoms with Gasteiger partial charge in [-0.3, -0.25) is 0 Å². The molecular weight excluding hydrogens is 941 g/mol. The number of rotatable bonds is 6. The molecular formula is C76H48N2. The summed E-state index contributed by atoms with van der Waals surface area (Å²) in [7, 11) is 0. The van der Waals surface area contributed by atoms with Crippen LogP contribution in [0.4, 0.5) is 0 Å². The third kappa shape index (κ3) is 5.71. The molecule has 0 saturated heterocycles. The van der Waals surface area contributed by atoms with Gasteiger partial charge in [-0.2, -0.15) is 0 Å². The molecule has 0 N–H and O–H groups in total. The zero-order chi connectivity index (χ0) is 51.1. The molecule has 0 atom stereocenters. The molecule has 13 aromatic carbocycles. The molecule has 2 heteroatoms. The lowest BCUT2D eigenvalue weighted by molar-refractivity contribution is 0.755. The number of benzene rings is 13. The van der Waals surface area contributed by atoms with Crippen molar-refractivity contribution in [2.45, 2.75) is 10.8 Å². The third-order valence-electron chi connectivity index (χ3n) is 17.8. The van der Waals surface area contributed by atoms with Crippen molar-refractivity contribution in [3.63, 3.8) is 0 Å². The van der Waals surface area contributed by atoms with Crippen molar-refractivity contribution in [1.29, 1.82) is 0 Å². The Morgan fingerprint density at radius 1 is 0.231 bits per heavy atom. The summed E-state index contributed by atoms with van der Waals surface area (Å²) < 4.78 is 4.89. The van der Waals surface area contributed by atoms with Crippen LogP contribution in [0.2, 0.25) is 0 Å². The monoisotopic (exact) mass is 988 g/mol. The molecule has 0 unspecified atom stereocenters. The van der Waals surface area contributed by atoms with Crippen LogP contribution in [0.15, 0.2) is 291 Å². The summed E-state index contributed by atoms with van der Waals surface area (Å²) in [5.41, 5.74) is 21.1. The molecule has 362 valence electrons. The Morgan fingerprint density at radius 2 is 0.590 bits per heavy atom. The zero-order valence-corrected chi connectivity index (χ0v) is 42.6. The standard InChI is InChI=1S/C76H48N2/c1-5-21-53(22-6-1)75(54-23-7-2-8-24-54)66-42-41-63-64-45-49-37-39-57(77-69-33-17-13-29-59(69)60-30-14-18-34-70(60)77)43-51(49)47-67(64)76(55-25-9-3-10-26-55,56-27-11-4-12-28-56)74(63)73(66)65-46-50-38-40-58(44-52(50)48-68(65)75)78-71-35-19-15-31-61(71)62-32-16-20-36-72(62)78/h1-48H. The minimum atomic E-state index is -0.703. The summed E-state index contributed by atoms with van der Waals surface area (Å²) >= 11 is 0. The van der Waals surface area contributed by atoms with Crippen LogP contribution in [0.25, 0.3) is 98.8 Å². The van der Waals surface area contributed by atoms with Gasteiger partial charge in [-0.05, 0) is 161 Å². The molecule has 2 nitrogen and oxygen atoms in total. The highest BCUT2D eigenvalue weighted by molar-refractivity contribution is 6.11. The predicted molar refractivity (Wildman–Crippen MR) is 325 cm³/mol. The molecule has 0 bridgehead atoms. The lowest BCUT2D eigenvalue weighted by Crippen LogP contribution is -2.31. The lowest BCUT2D eigenvalue weighted by atomic mass is 9.64. The zero-order valence-electron chi connectivity index (χ0n) is 42.6. The van der Waals surface area contributed by atoms with Gasteiger partial charge in [0.25, 0.3) is 0 Å². The van der Waals surface area contributed by atoms with Gasteiger partial charge in [0.2, 0.25) is 0 Å². The van der Waals surface area contributed by atoms with Crippen LogP contribution < -0.4 is 0 Å². The fourth-order valence-corrected chi connectivity index (χ4v) is 14.7. The van der Waals surface area contributed by atoms with Gasteiger partial charge in [-0.25, -0.2) is 0 Å². The second kappa shape index (κ2) is 16.2. The minimum Gasteiger partial charge on any atom is -0.309 e. The Balaban J connectivity index is 0.988. The first-order chi connectivity index (χ1) is 38.7. The molecule has 2 aromatic heterocycles. The van der Waals surface area contributed by atoms with Gasteiger partial charge < -0.3 is 9.13 Å². The Kier molecular flexibility index (Phi) is 9.01. The molecule has 0 amide bonds. The second-order valence-corrected chi connectivity index (χ2v) is 21.5. The molecule has 0 aliphatic heterocycles. The van der Waals surface area contributed by atoms with E-state index in [4.69, 9.17) is 0 Å². The predicted octanol–water partition coefficient (Wildman–Crippen LogP) is 18.9. The Morgan fingerprint density at radius 3 is 1.01 bits per heavy atom. The summed E-state index contributed by atoms with van der Waals surface area (Å²) in [6.45, 7) is 0. The highest BCUT2D eigenvalue weighted by atomic mass is 15.0. The summed E-state index contributed by atoms with van der Waals surface area (Å²) in [5, 5.41) is 9.89. The van der Waals surface area contributed by atoms with Gasteiger partial charge in [-0.1, -0.05) is 218 Å².